The van der Waals surface area contributed by atoms with E-state index in [-0.39, 0.29) is 18.0 Å². The number of primary amides is 1. The smallest absolute Gasteiger partial charge is 0.321 e. The highest BCUT2D eigenvalue weighted by Gasteiger charge is 2.23. The van der Waals surface area contributed by atoms with Gasteiger partial charge in [-0.3, -0.25) is 14.7 Å². The summed E-state index contributed by atoms with van der Waals surface area (Å²) in [6.07, 6.45) is 3.16. The Kier molecular flexibility index (Phi) is 4.60. The van der Waals surface area contributed by atoms with Gasteiger partial charge in [0.15, 0.2) is 0 Å². The second-order valence-electron chi connectivity index (χ2n) is 5.55. The molecule has 8 heteroatoms. The third kappa shape index (κ3) is 3.74. The first-order valence-corrected chi connectivity index (χ1v) is 7.65. The Morgan fingerprint density at radius 3 is 2.64 bits per heavy atom. The average Bonchev–Trinajstić information content (AvgIpc) is 2.92. The van der Waals surface area contributed by atoms with Crippen molar-refractivity contribution in [2.24, 2.45) is 5.73 Å². The third-order valence-corrected chi connectivity index (χ3v) is 3.78. The van der Waals surface area contributed by atoms with Crippen LogP contribution in [0.25, 0.3) is 0 Å². The SMILES string of the molecule is Cc1[nH][nH]c(=O)c1[C@H](CC(N)=O)c1cccc(Oc2ncccn2)c1. The fourth-order valence-corrected chi connectivity index (χ4v) is 2.70. The monoisotopic (exact) mass is 339 g/mol. The molecule has 0 aliphatic carbocycles. The van der Waals surface area contributed by atoms with E-state index in [1.807, 2.05) is 6.07 Å². The number of hydrogen-bond donors (Lipinski definition) is 3. The van der Waals surface area contributed by atoms with Crippen molar-refractivity contribution in [1.29, 1.82) is 0 Å². The molecule has 1 atom stereocenters. The summed E-state index contributed by atoms with van der Waals surface area (Å²) in [5, 5.41) is 5.30. The maximum atomic E-state index is 12.1. The Morgan fingerprint density at radius 2 is 2.00 bits per heavy atom. The lowest BCUT2D eigenvalue weighted by molar-refractivity contribution is -0.118. The molecule has 0 fully saturated rings. The first kappa shape index (κ1) is 16.4. The number of amides is 1. The van der Waals surface area contributed by atoms with Crippen molar-refractivity contribution in [1.82, 2.24) is 20.2 Å². The van der Waals surface area contributed by atoms with Gasteiger partial charge in [-0.15, -0.1) is 0 Å². The Labute approximate surface area is 143 Å². The van der Waals surface area contributed by atoms with Crippen LogP contribution in [0.2, 0.25) is 0 Å². The molecule has 128 valence electrons. The maximum Gasteiger partial charge on any atom is 0.321 e. The highest BCUT2D eigenvalue weighted by Crippen LogP contribution is 2.30. The van der Waals surface area contributed by atoms with E-state index in [1.54, 1.807) is 43.6 Å². The van der Waals surface area contributed by atoms with Gasteiger partial charge in [0.2, 0.25) is 5.91 Å². The molecule has 0 bridgehead atoms. The fraction of sp³-hybridized carbons (Fsp3) is 0.176. The van der Waals surface area contributed by atoms with Crippen LogP contribution in [0, 0.1) is 6.92 Å². The van der Waals surface area contributed by atoms with E-state index < -0.39 is 11.8 Å². The predicted molar refractivity (Wildman–Crippen MR) is 90.4 cm³/mol. The zero-order chi connectivity index (χ0) is 17.8. The highest BCUT2D eigenvalue weighted by molar-refractivity contribution is 5.75. The van der Waals surface area contributed by atoms with Gasteiger partial charge in [-0.2, -0.15) is 0 Å². The molecule has 1 amide bonds. The number of aromatic nitrogens is 4. The summed E-state index contributed by atoms with van der Waals surface area (Å²) in [6, 6.07) is 8.98. The van der Waals surface area contributed by atoms with Crippen molar-refractivity contribution in [3.63, 3.8) is 0 Å². The lowest BCUT2D eigenvalue weighted by Crippen LogP contribution is -2.20. The number of hydrogen-bond acceptors (Lipinski definition) is 5. The van der Waals surface area contributed by atoms with Crippen molar-refractivity contribution < 1.29 is 9.53 Å². The van der Waals surface area contributed by atoms with Crippen LogP contribution in [0.1, 0.15) is 29.2 Å². The average molecular weight is 339 g/mol. The van der Waals surface area contributed by atoms with E-state index in [1.165, 1.54) is 0 Å². The van der Waals surface area contributed by atoms with Gasteiger partial charge < -0.3 is 15.6 Å². The van der Waals surface area contributed by atoms with Gasteiger partial charge in [-0.25, -0.2) is 9.97 Å². The van der Waals surface area contributed by atoms with Crippen LogP contribution in [0.5, 0.6) is 11.8 Å². The topological polar surface area (TPSA) is 127 Å². The molecule has 0 radical (unpaired) electrons. The Balaban J connectivity index is 1.98. The number of ether oxygens (including phenoxy) is 1. The Morgan fingerprint density at radius 1 is 1.24 bits per heavy atom. The van der Waals surface area contributed by atoms with E-state index in [4.69, 9.17) is 10.5 Å². The normalized spacial score (nSPS) is 11.9. The van der Waals surface area contributed by atoms with E-state index in [0.29, 0.717) is 17.0 Å². The Bertz CT molecular complexity index is 933. The second-order valence-corrected chi connectivity index (χ2v) is 5.55. The quantitative estimate of drug-likeness (QED) is 0.628. The van der Waals surface area contributed by atoms with Gasteiger partial charge in [-0.05, 0) is 30.7 Å². The molecule has 0 unspecified atom stereocenters. The number of carbonyl (C=O) groups is 1. The molecule has 0 saturated heterocycles. The van der Waals surface area contributed by atoms with Crippen molar-refractivity contribution >= 4 is 5.91 Å². The van der Waals surface area contributed by atoms with Crippen LogP contribution in [0.4, 0.5) is 0 Å². The minimum absolute atomic E-state index is 0.00701. The van der Waals surface area contributed by atoms with Crippen LogP contribution < -0.4 is 16.0 Å². The van der Waals surface area contributed by atoms with Gasteiger partial charge in [0.25, 0.3) is 5.56 Å². The summed E-state index contributed by atoms with van der Waals surface area (Å²) in [6.45, 7) is 1.76. The number of benzene rings is 1. The number of carbonyl (C=O) groups excluding carboxylic acids is 1. The lowest BCUT2D eigenvalue weighted by atomic mass is 9.88. The van der Waals surface area contributed by atoms with Gasteiger partial charge in [-0.1, -0.05) is 12.1 Å². The number of rotatable bonds is 6. The van der Waals surface area contributed by atoms with E-state index in [9.17, 15) is 9.59 Å². The van der Waals surface area contributed by atoms with Crippen molar-refractivity contribution in [3.05, 3.63) is 69.9 Å². The zero-order valence-electron chi connectivity index (χ0n) is 13.5. The highest BCUT2D eigenvalue weighted by atomic mass is 16.5. The molecule has 8 nitrogen and oxygen atoms in total. The van der Waals surface area contributed by atoms with Gasteiger partial charge in [0, 0.05) is 36.0 Å². The Hall–Kier alpha value is -3.42. The molecule has 1 aromatic carbocycles. The van der Waals surface area contributed by atoms with Crippen LogP contribution in [-0.2, 0) is 4.79 Å². The summed E-state index contributed by atoms with van der Waals surface area (Å²) in [7, 11) is 0. The summed E-state index contributed by atoms with van der Waals surface area (Å²) in [5.74, 6) is -0.474. The summed E-state index contributed by atoms with van der Waals surface area (Å²) < 4.78 is 5.62. The van der Waals surface area contributed by atoms with Crippen LogP contribution in [0.3, 0.4) is 0 Å². The zero-order valence-corrected chi connectivity index (χ0v) is 13.5. The largest absolute Gasteiger partial charge is 0.424 e. The van der Waals surface area contributed by atoms with Gasteiger partial charge in [0.1, 0.15) is 5.75 Å². The molecular weight excluding hydrogens is 322 g/mol. The minimum Gasteiger partial charge on any atom is -0.424 e. The number of nitrogens with two attached hydrogens (primary N) is 1. The maximum absolute atomic E-state index is 12.1. The van der Waals surface area contributed by atoms with Crippen LogP contribution in [-0.4, -0.2) is 26.1 Å². The molecule has 0 aliphatic rings. The summed E-state index contributed by atoms with van der Waals surface area (Å²) in [5.41, 5.74) is 6.99. The van der Waals surface area contributed by atoms with Gasteiger partial charge >= 0.3 is 6.01 Å². The third-order valence-electron chi connectivity index (χ3n) is 3.78. The number of H-pyrrole nitrogens is 2. The van der Waals surface area contributed by atoms with Crippen LogP contribution in [0.15, 0.2) is 47.5 Å². The van der Waals surface area contributed by atoms with E-state index in [2.05, 4.69) is 20.2 Å². The van der Waals surface area contributed by atoms with E-state index >= 15 is 0 Å². The standard InChI is InChI=1S/C17H17N5O3/c1-10-15(16(24)22-21-10)13(9-14(18)23)11-4-2-5-12(8-11)25-17-19-6-3-7-20-17/h2-8,13H,9H2,1H3,(H2,18,23)(H2,21,22,24)/t13-/m1/s1. The molecule has 25 heavy (non-hydrogen) atoms. The van der Waals surface area contributed by atoms with Crippen molar-refractivity contribution in [2.75, 3.05) is 0 Å². The number of aryl methyl sites for hydroxylation is 1. The van der Waals surface area contributed by atoms with E-state index in [0.717, 1.165) is 5.56 Å². The molecule has 2 heterocycles. The van der Waals surface area contributed by atoms with Crippen LogP contribution >= 0.6 is 0 Å². The molecule has 3 rings (SSSR count). The number of nitrogens with one attached hydrogen (secondary N) is 2. The molecule has 2 aromatic heterocycles. The molecule has 0 spiro atoms. The first-order valence-electron chi connectivity index (χ1n) is 7.65. The molecule has 3 aromatic rings. The summed E-state index contributed by atoms with van der Waals surface area (Å²) in [4.78, 5) is 31.7. The summed E-state index contributed by atoms with van der Waals surface area (Å²) >= 11 is 0. The minimum atomic E-state index is -0.497. The second kappa shape index (κ2) is 7.00. The molecule has 0 aliphatic heterocycles. The lowest BCUT2D eigenvalue weighted by Gasteiger charge is -2.16. The predicted octanol–water partition coefficient (Wildman–Crippen LogP) is 1.60. The fourth-order valence-electron chi connectivity index (χ4n) is 2.70. The van der Waals surface area contributed by atoms with Crippen molar-refractivity contribution in [2.45, 2.75) is 19.3 Å². The number of nitrogens with zero attached hydrogens (tertiary/aromatic N) is 2. The molecule has 4 N–H and O–H groups in total. The first-order chi connectivity index (χ1) is 12.0. The molecular formula is C17H17N5O3. The van der Waals surface area contributed by atoms with Crippen molar-refractivity contribution in [3.8, 4) is 11.8 Å². The number of aromatic amines is 2. The van der Waals surface area contributed by atoms with Gasteiger partial charge in [0.05, 0.1) is 0 Å². The molecule has 0 saturated carbocycles.